The molecule has 0 radical (unpaired) electrons. The molecule has 37 heavy (non-hydrogen) atoms. The fourth-order valence-corrected chi connectivity index (χ4v) is 7.08. The average Bonchev–Trinajstić information content (AvgIpc) is 3.15. The van der Waals surface area contributed by atoms with Crippen molar-refractivity contribution in [2.75, 3.05) is 42.2 Å². The Bertz CT molecular complexity index is 1410. The van der Waals surface area contributed by atoms with E-state index in [4.69, 9.17) is 4.74 Å². The molecule has 0 aromatic heterocycles. The Balaban J connectivity index is 1.88. The third-order valence-electron chi connectivity index (χ3n) is 7.56. The van der Waals surface area contributed by atoms with Gasteiger partial charge in [0.2, 0.25) is 10.0 Å². The van der Waals surface area contributed by atoms with Crippen LogP contribution < -0.4 is 14.5 Å². The second kappa shape index (κ2) is 9.10. The van der Waals surface area contributed by atoms with E-state index in [1.165, 1.54) is 0 Å². The molecule has 0 N–H and O–H groups in total. The van der Waals surface area contributed by atoms with E-state index >= 15 is 0 Å². The number of benzene rings is 3. The van der Waals surface area contributed by atoms with Gasteiger partial charge in [0, 0.05) is 71.9 Å². The number of hydrogen-bond donors (Lipinski definition) is 0. The minimum Gasteiger partial charge on any atom is -0.456 e. The number of rotatable bonds is 7. The molecule has 3 aromatic carbocycles. The summed E-state index contributed by atoms with van der Waals surface area (Å²) < 4.78 is 34.4. The Kier molecular flexibility index (Phi) is 6.18. The molecule has 0 fully saturated rings. The zero-order chi connectivity index (χ0) is 26.5. The van der Waals surface area contributed by atoms with Gasteiger partial charge >= 0.3 is 0 Å². The summed E-state index contributed by atoms with van der Waals surface area (Å²) in [6.07, 6.45) is 1.10. The van der Waals surface area contributed by atoms with Crippen LogP contribution in [0.3, 0.4) is 0 Å². The lowest BCUT2D eigenvalue weighted by Crippen LogP contribution is -2.49. The molecule has 1 amide bonds. The highest BCUT2D eigenvalue weighted by molar-refractivity contribution is 7.89. The predicted molar refractivity (Wildman–Crippen MR) is 147 cm³/mol. The molecule has 2 aliphatic heterocycles. The van der Waals surface area contributed by atoms with Gasteiger partial charge in [-0.3, -0.25) is 4.79 Å². The summed E-state index contributed by atoms with van der Waals surface area (Å²) in [4.78, 5) is 18.2. The van der Waals surface area contributed by atoms with Crippen LogP contribution in [0.15, 0.2) is 60.7 Å². The number of nitrogens with zero attached hydrogens (tertiary/aromatic N) is 3. The molecular formula is C29H33N3O4S. The second-order valence-corrected chi connectivity index (χ2v) is 11.2. The van der Waals surface area contributed by atoms with Crippen LogP contribution in [0, 0.1) is 0 Å². The van der Waals surface area contributed by atoms with Crippen molar-refractivity contribution < 1.29 is 17.9 Å². The maximum absolute atomic E-state index is 13.8. The van der Waals surface area contributed by atoms with E-state index < -0.39 is 21.5 Å². The van der Waals surface area contributed by atoms with Gasteiger partial charge in [0.15, 0.2) is 0 Å². The summed E-state index contributed by atoms with van der Waals surface area (Å²) in [7, 11) is -3.98. The Morgan fingerprint density at radius 3 is 1.70 bits per heavy atom. The molecule has 2 heterocycles. The van der Waals surface area contributed by atoms with Crippen LogP contribution in [0.5, 0.6) is 11.5 Å². The van der Waals surface area contributed by atoms with Crippen molar-refractivity contribution in [1.29, 1.82) is 0 Å². The van der Waals surface area contributed by atoms with Crippen LogP contribution in [0.1, 0.15) is 54.7 Å². The summed E-state index contributed by atoms with van der Waals surface area (Å²) in [5.41, 5.74) is 2.88. The molecule has 0 bridgehead atoms. The van der Waals surface area contributed by atoms with E-state index in [-0.39, 0.29) is 0 Å². The minimum atomic E-state index is -3.98. The van der Waals surface area contributed by atoms with E-state index in [0.717, 1.165) is 48.1 Å². The molecule has 3 aromatic rings. The molecule has 7 nitrogen and oxygen atoms in total. The van der Waals surface area contributed by atoms with Crippen LogP contribution in [0.2, 0.25) is 0 Å². The number of ether oxygens (including phenoxy) is 1. The summed E-state index contributed by atoms with van der Waals surface area (Å²) in [6.45, 7) is 11.6. The minimum absolute atomic E-state index is 0.382. The first-order chi connectivity index (χ1) is 17.7. The van der Waals surface area contributed by atoms with Crippen molar-refractivity contribution in [3.8, 4) is 11.5 Å². The van der Waals surface area contributed by atoms with Gasteiger partial charge < -0.3 is 14.5 Å². The van der Waals surface area contributed by atoms with Gasteiger partial charge in [-0.1, -0.05) is 30.3 Å². The maximum atomic E-state index is 13.8. The number of anilines is 2. The van der Waals surface area contributed by atoms with Gasteiger partial charge in [0.25, 0.3) is 5.91 Å². The van der Waals surface area contributed by atoms with Crippen LogP contribution in [-0.2, 0) is 15.6 Å². The third-order valence-corrected chi connectivity index (χ3v) is 8.66. The van der Waals surface area contributed by atoms with Crippen LogP contribution in [0.25, 0.3) is 0 Å². The van der Waals surface area contributed by atoms with Gasteiger partial charge in [0.05, 0.1) is 6.26 Å². The molecule has 1 spiro atoms. The number of sulfonamides is 1. The van der Waals surface area contributed by atoms with Crippen molar-refractivity contribution in [2.45, 2.75) is 33.2 Å². The van der Waals surface area contributed by atoms with Crippen LogP contribution >= 0.6 is 0 Å². The molecule has 0 atom stereocenters. The monoisotopic (exact) mass is 519 g/mol. The first-order valence-electron chi connectivity index (χ1n) is 12.8. The topological polar surface area (TPSA) is 70.2 Å². The summed E-state index contributed by atoms with van der Waals surface area (Å²) in [5.74, 6) is 0.566. The summed E-state index contributed by atoms with van der Waals surface area (Å²) in [5, 5.41) is 0. The Morgan fingerprint density at radius 1 is 0.757 bits per heavy atom. The highest BCUT2D eigenvalue weighted by Gasteiger charge is 2.59. The van der Waals surface area contributed by atoms with Crippen molar-refractivity contribution in [3.63, 3.8) is 0 Å². The third kappa shape index (κ3) is 3.61. The fraction of sp³-hybridized carbons (Fsp3) is 0.345. The second-order valence-electron chi connectivity index (χ2n) is 9.40. The average molecular weight is 520 g/mol. The van der Waals surface area contributed by atoms with Crippen molar-refractivity contribution in [1.82, 2.24) is 4.31 Å². The molecule has 5 rings (SSSR count). The predicted octanol–water partition coefficient (Wildman–Crippen LogP) is 5.19. The highest BCUT2D eigenvalue weighted by Crippen LogP contribution is 2.59. The molecule has 0 aliphatic carbocycles. The molecule has 0 saturated heterocycles. The molecular weight excluding hydrogens is 486 g/mol. The molecule has 2 aliphatic rings. The highest BCUT2D eigenvalue weighted by atomic mass is 32.2. The Morgan fingerprint density at radius 2 is 1.24 bits per heavy atom. The van der Waals surface area contributed by atoms with Gasteiger partial charge in [-0.15, -0.1) is 0 Å². The zero-order valence-corrected chi connectivity index (χ0v) is 22.8. The fourth-order valence-electron chi connectivity index (χ4n) is 5.89. The Labute approximate surface area is 219 Å². The lowest BCUT2D eigenvalue weighted by atomic mass is 9.75. The lowest BCUT2D eigenvalue weighted by molar-refractivity contribution is 0.0826. The molecule has 194 valence electrons. The molecule has 0 unspecified atom stereocenters. The van der Waals surface area contributed by atoms with Gasteiger partial charge in [0.1, 0.15) is 17.0 Å². The lowest BCUT2D eigenvalue weighted by Gasteiger charge is -2.43. The van der Waals surface area contributed by atoms with E-state index in [1.807, 2.05) is 48.5 Å². The van der Waals surface area contributed by atoms with Crippen molar-refractivity contribution in [3.05, 3.63) is 82.9 Å². The quantitative estimate of drug-likeness (QED) is 0.428. The van der Waals surface area contributed by atoms with Crippen molar-refractivity contribution in [2.24, 2.45) is 0 Å². The van der Waals surface area contributed by atoms with Gasteiger partial charge in [-0.05, 0) is 45.9 Å². The van der Waals surface area contributed by atoms with E-state index in [1.54, 1.807) is 12.1 Å². The first-order valence-corrected chi connectivity index (χ1v) is 14.7. The Hall–Kier alpha value is -3.52. The number of carbonyl (C=O) groups excluding carboxylic acids is 1. The smallest absolute Gasteiger partial charge is 0.269 e. The first kappa shape index (κ1) is 25.1. The van der Waals surface area contributed by atoms with Gasteiger partial charge in [-0.2, -0.15) is 0 Å². The SMILES string of the molecule is CCN(CC)c1ccc2c(c1)Oc1cc(N(CC)CC)ccc1C21c2ccccc2C(=O)N1S(C)(=O)=O. The standard InChI is InChI=1S/C29H33N3O4S/c1-6-30(7-2)20-14-16-24-26(18-20)36-27-19-21(31(8-3)9-4)15-17-25(27)29(24)23-13-11-10-12-22(23)28(33)32(29)37(5,34)35/h10-19H,6-9H2,1-5H3. The van der Waals surface area contributed by atoms with Crippen LogP contribution in [-0.4, -0.2) is 51.1 Å². The van der Waals surface area contributed by atoms with Gasteiger partial charge in [-0.25, -0.2) is 12.7 Å². The van der Waals surface area contributed by atoms with E-state index in [2.05, 4.69) is 37.5 Å². The number of carbonyl (C=O) groups is 1. The molecule has 8 heteroatoms. The molecule has 0 saturated carbocycles. The largest absolute Gasteiger partial charge is 0.456 e. The van der Waals surface area contributed by atoms with Crippen molar-refractivity contribution >= 4 is 27.3 Å². The van der Waals surface area contributed by atoms with Crippen LogP contribution in [0.4, 0.5) is 11.4 Å². The zero-order valence-electron chi connectivity index (χ0n) is 22.0. The summed E-state index contributed by atoms with van der Waals surface area (Å²) >= 11 is 0. The number of amides is 1. The normalized spacial score (nSPS) is 15.2. The van der Waals surface area contributed by atoms with E-state index in [0.29, 0.717) is 33.8 Å². The maximum Gasteiger partial charge on any atom is 0.269 e. The summed E-state index contributed by atoms with van der Waals surface area (Å²) in [6, 6.07) is 18.9. The number of fused-ring (bicyclic) bond motifs is 6. The number of hydrogen-bond acceptors (Lipinski definition) is 6. The van der Waals surface area contributed by atoms with E-state index in [9.17, 15) is 13.2 Å².